The Bertz CT molecular complexity index is 619. The van der Waals surface area contributed by atoms with Crippen LogP contribution in [0, 0.1) is 6.92 Å². The number of nitrogens with zero attached hydrogens (tertiary/aromatic N) is 2. The van der Waals surface area contributed by atoms with Crippen molar-refractivity contribution in [3.63, 3.8) is 0 Å². The number of aryl methyl sites for hydroxylation is 1. The second kappa shape index (κ2) is 5.26. The third-order valence-electron chi connectivity index (χ3n) is 3.27. The van der Waals surface area contributed by atoms with Gasteiger partial charge in [-0.05, 0) is 45.0 Å². The Morgan fingerprint density at radius 1 is 1.26 bits per heavy atom. The molecule has 1 aromatic heterocycles. The summed E-state index contributed by atoms with van der Waals surface area (Å²) < 4.78 is 0. The number of hydrogen-bond acceptors (Lipinski definition) is 3. The molecule has 0 spiro atoms. The van der Waals surface area contributed by atoms with E-state index in [4.69, 9.17) is 5.11 Å². The molecule has 0 radical (unpaired) electrons. The molecule has 0 unspecified atom stereocenters. The van der Waals surface area contributed by atoms with Crippen LogP contribution in [-0.2, 0) is 0 Å². The Kier molecular flexibility index (Phi) is 3.69. The second-order valence-corrected chi connectivity index (χ2v) is 4.49. The van der Waals surface area contributed by atoms with Crippen molar-refractivity contribution in [1.82, 2.24) is 4.98 Å². The van der Waals surface area contributed by atoms with Crippen molar-refractivity contribution in [2.75, 3.05) is 18.0 Å². The number of fused-ring (bicyclic) bond motifs is 1. The topological polar surface area (TPSA) is 53.4 Å². The fraction of sp³-hybridized carbons (Fsp3) is 0.333. The average Bonchev–Trinajstić information content (AvgIpc) is 2.39. The minimum absolute atomic E-state index is 0.298. The normalized spacial score (nSPS) is 10.7. The molecule has 0 aliphatic heterocycles. The first-order valence-electron chi connectivity index (χ1n) is 6.46. The molecule has 1 aromatic carbocycles. The van der Waals surface area contributed by atoms with Crippen molar-refractivity contribution in [1.29, 1.82) is 0 Å². The summed E-state index contributed by atoms with van der Waals surface area (Å²) in [5.74, 6) is -0.909. The van der Waals surface area contributed by atoms with Crippen LogP contribution in [0.25, 0.3) is 10.9 Å². The molecular formula is C15H18N2O2. The van der Waals surface area contributed by atoms with Gasteiger partial charge in [-0.25, -0.2) is 4.79 Å². The van der Waals surface area contributed by atoms with Crippen molar-refractivity contribution < 1.29 is 9.90 Å². The van der Waals surface area contributed by atoms with Gasteiger partial charge in [0, 0.05) is 29.9 Å². The zero-order chi connectivity index (χ0) is 14.0. The molecule has 1 heterocycles. The maximum Gasteiger partial charge on any atom is 0.335 e. The average molecular weight is 258 g/mol. The van der Waals surface area contributed by atoms with Crippen LogP contribution in [0.3, 0.4) is 0 Å². The highest BCUT2D eigenvalue weighted by atomic mass is 16.4. The minimum Gasteiger partial charge on any atom is -0.478 e. The van der Waals surface area contributed by atoms with Crippen LogP contribution in [0.15, 0.2) is 24.3 Å². The smallest absolute Gasteiger partial charge is 0.335 e. The molecule has 0 saturated carbocycles. The van der Waals surface area contributed by atoms with E-state index in [-0.39, 0.29) is 0 Å². The highest BCUT2D eigenvalue weighted by Gasteiger charge is 2.12. The van der Waals surface area contributed by atoms with Crippen LogP contribution in [0.2, 0.25) is 0 Å². The summed E-state index contributed by atoms with van der Waals surface area (Å²) in [7, 11) is 0. The van der Waals surface area contributed by atoms with Crippen LogP contribution in [0.5, 0.6) is 0 Å². The molecule has 0 amide bonds. The lowest BCUT2D eigenvalue weighted by molar-refractivity contribution is 0.0697. The van der Waals surface area contributed by atoms with Gasteiger partial charge in [0.1, 0.15) is 0 Å². The van der Waals surface area contributed by atoms with Crippen molar-refractivity contribution in [2.45, 2.75) is 20.8 Å². The van der Waals surface area contributed by atoms with Crippen molar-refractivity contribution >= 4 is 22.6 Å². The highest BCUT2D eigenvalue weighted by molar-refractivity contribution is 5.98. The standard InChI is InChI=1S/C15H18N2O2/c1-4-17(5-2)14-8-10(3)16-13-7-6-11(15(18)19)9-12(13)14/h6-9H,4-5H2,1-3H3,(H,18,19). The molecule has 0 saturated heterocycles. The van der Waals surface area contributed by atoms with Gasteiger partial charge in [-0.15, -0.1) is 0 Å². The number of aromatic nitrogens is 1. The monoisotopic (exact) mass is 258 g/mol. The van der Waals surface area contributed by atoms with Gasteiger partial charge in [0.15, 0.2) is 0 Å². The fourth-order valence-corrected chi connectivity index (χ4v) is 2.30. The zero-order valence-electron chi connectivity index (χ0n) is 11.5. The van der Waals surface area contributed by atoms with E-state index in [1.54, 1.807) is 18.2 Å². The van der Waals surface area contributed by atoms with Crippen molar-refractivity contribution in [3.05, 3.63) is 35.5 Å². The van der Waals surface area contributed by atoms with Gasteiger partial charge in [0.05, 0.1) is 11.1 Å². The van der Waals surface area contributed by atoms with E-state index in [1.165, 1.54) is 0 Å². The Hall–Kier alpha value is -2.10. The fourth-order valence-electron chi connectivity index (χ4n) is 2.30. The van der Waals surface area contributed by atoms with Crippen LogP contribution in [0.4, 0.5) is 5.69 Å². The lowest BCUT2D eigenvalue weighted by atomic mass is 10.1. The minimum atomic E-state index is -0.909. The van der Waals surface area contributed by atoms with Gasteiger partial charge in [0.25, 0.3) is 0 Å². The van der Waals surface area contributed by atoms with Gasteiger partial charge in [-0.3, -0.25) is 4.98 Å². The molecule has 0 aliphatic carbocycles. The molecule has 2 aromatic rings. The number of aromatic carboxylic acids is 1. The molecule has 1 N–H and O–H groups in total. The molecule has 2 rings (SSSR count). The lowest BCUT2D eigenvalue weighted by Crippen LogP contribution is -2.22. The molecule has 0 aliphatic rings. The largest absolute Gasteiger partial charge is 0.478 e. The number of anilines is 1. The van der Waals surface area contributed by atoms with Crippen molar-refractivity contribution in [3.8, 4) is 0 Å². The second-order valence-electron chi connectivity index (χ2n) is 4.49. The number of carboxylic acid groups (broad SMARTS) is 1. The summed E-state index contributed by atoms with van der Waals surface area (Å²) >= 11 is 0. The van der Waals surface area contributed by atoms with Gasteiger partial charge in [-0.1, -0.05) is 0 Å². The van der Waals surface area contributed by atoms with Crippen LogP contribution < -0.4 is 4.90 Å². The first-order chi connectivity index (χ1) is 9.06. The maximum atomic E-state index is 11.1. The first-order valence-corrected chi connectivity index (χ1v) is 6.46. The van der Waals surface area contributed by atoms with E-state index < -0.39 is 5.97 Å². The summed E-state index contributed by atoms with van der Waals surface area (Å²) in [6.07, 6.45) is 0. The SMILES string of the molecule is CCN(CC)c1cc(C)nc2ccc(C(=O)O)cc12. The molecule has 19 heavy (non-hydrogen) atoms. The van der Waals surface area contributed by atoms with E-state index in [1.807, 2.05) is 13.0 Å². The van der Waals surface area contributed by atoms with E-state index in [0.717, 1.165) is 35.4 Å². The molecule has 4 heteroatoms. The number of benzene rings is 1. The summed E-state index contributed by atoms with van der Waals surface area (Å²) in [5, 5.41) is 10.0. The van der Waals surface area contributed by atoms with E-state index in [2.05, 4.69) is 23.7 Å². The zero-order valence-corrected chi connectivity index (χ0v) is 11.5. The van der Waals surface area contributed by atoms with Gasteiger partial charge >= 0.3 is 5.97 Å². The molecule has 4 nitrogen and oxygen atoms in total. The number of carbonyl (C=O) groups is 1. The third-order valence-corrected chi connectivity index (χ3v) is 3.27. The van der Waals surface area contributed by atoms with Crippen LogP contribution >= 0.6 is 0 Å². The maximum absolute atomic E-state index is 11.1. The van der Waals surface area contributed by atoms with Crippen LogP contribution in [-0.4, -0.2) is 29.1 Å². The number of rotatable bonds is 4. The first kappa shape index (κ1) is 13.3. The molecule has 0 bridgehead atoms. The molecule has 0 atom stereocenters. The van der Waals surface area contributed by atoms with Crippen molar-refractivity contribution in [2.24, 2.45) is 0 Å². The van der Waals surface area contributed by atoms with Gasteiger partial charge in [-0.2, -0.15) is 0 Å². The number of hydrogen-bond donors (Lipinski definition) is 1. The Balaban J connectivity index is 2.72. The molecule has 0 fully saturated rings. The Morgan fingerprint density at radius 2 is 1.95 bits per heavy atom. The highest BCUT2D eigenvalue weighted by Crippen LogP contribution is 2.27. The van der Waals surface area contributed by atoms with Crippen LogP contribution in [0.1, 0.15) is 29.9 Å². The number of pyridine rings is 1. The Morgan fingerprint density at radius 3 is 2.53 bits per heavy atom. The van der Waals surface area contributed by atoms with Gasteiger partial charge in [0.2, 0.25) is 0 Å². The molecule has 100 valence electrons. The van der Waals surface area contributed by atoms with Gasteiger partial charge < -0.3 is 10.0 Å². The predicted octanol–water partition coefficient (Wildman–Crippen LogP) is 3.09. The predicted molar refractivity (Wildman–Crippen MR) is 77.0 cm³/mol. The van der Waals surface area contributed by atoms with E-state index >= 15 is 0 Å². The summed E-state index contributed by atoms with van der Waals surface area (Å²) in [4.78, 5) is 17.8. The number of carboxylic acids is 1. The molecular weight excluding hydrogens is 240 g/mol. The lowest BCUT2D eigenvalue weighted by Gasteiger charge is -2.23. The summed E-state index contributed by atoms with van der Waals surface area (Å²) in [6.45, 7) is 7.90. The quantitative estimate of drug-likeness (QED) is 0.915. The van der Waals surface area contributed by atoms with E-state index in [0.29, 0.717) is 5.56 Å². The summed E-state index contributed by atoms with van der Waals surface area (Å²) in [6, 6.07) is 7.10. The Labute approximate surface area is 112 Å². The summed E-state index contributed by atoms with van der Waals surface area (Å²) in [5.41, 5.74) is 3.13. The van der Waals surface area contributed by atoms with E-state index in [9.17, 15) is 4.79 Å². The third kappa shape index (κ3) is 2.52.